The Labute approximate surface area is 139 Å². The molecule has 0 aliphatic heterocycles. The van der Waals surface area contributed by atoms with Gasteiger partial charge in [0.15, 0.2) is 11.9 Å². The van der Waals surface area contributed by atoms with Gasteiger partial charge in [0, 0.05) is 0 Å². The van der Waals surface area contributed by atoms with E-state index in [2.05, 4.69) is 15.1 Å². The molecule has 9 heteroatoms. The number of hydrogen-bond donors (Lipinski definition) is 1. The zero-order chi connectivity index (χ0) is 18.4. The molecule has 1 aromatic carbocycles. The molecular weight excluding hydrogens is 337 g/mol. The monoisotopic (exact) mass is 350 g/mol. The van der Waals surface area contributed by atoms with Crippen molar-refractivity contribution in [3.05, 3.63) is 57.3 Å². The Morgan fingerprint density at radius 2 is 1.88 bits per heavy atom. The Hall–Kier alpha value is -2.97. The number of nitrogens with zero attached hydrogens (tertiary/aromatic N) is 3. The molecule has 0 amide bonds. The number of H-pyrrole nitrogens is 1. The van der Waals surface area contributed by atoms with Crippen LogP contribution in [0.4, 0.5) is 13.2 Å². The molecular formula is C16H13F3N4O2. The topological polar surface area (TPSA) is 80.6 Å². The Bertz CT molecular complexity index is 1000. The van der Waals surface area contributed by atoms with E-state index in [4.69, 9.17) is 0 Å². The summed E-state index contributed by atoms with van der Waals surface area (Å²) in [5, 5.41) is 4.16. The molecule has 1 atom stereocenters. The second-order valence-corrected chi connectivity index (χ2v) is 5.59. The van der Waals surface area contributed by atoms with Gasteiger partial charge in [0.25, 0.3) is 5.56 Å². The predicted octanol–water partition coefficient (Wildman–Crippen LogP) is 2.87. The summed E-state index contributed by atoms with van der Waals surface area (Å²) < 4.78 is 39.4. The molecule has 3 aromatic rings. The van der Waals surface area contributed by atoms with Crippen molar-refractivity contribution in [3.8, 4) is 0 Å². The minimum Gasteiger partial charge on any atom is -0.310 e. The Balaban J connectivity index is 2.13. The van der Waals surface area contributed by atoms with Crippen LogP contribution in [-0.4, -0.2) is 26.0 Å². The Morgan fingerprint density at radius 3 is 2.44 bits per heavy atom. The number of aromatic nitrogens is 4. The number of carbonyl (C=O) groups excluding carboxylic acids is 1. The van der Waals surface area contributed by atoms with Crippen molar-refractivity contribution < 1.29 is 18.0 Å². The highest BCUT2D eigenvalue weighted by Gasteiger charge is 2.30. The van der Waals surface area contributed by atoms with E-state index in [-0.39, 0.29) is 16.7 Å². The summed E-state index contributed by atoms with van der Waals surface area (Å²) in [6.07, 6.45) is -3.97. The summed E-state index contributed by atoms with van der Waals surface area (Å²) in [6.45, 7) is 3.28. The van der Waals surface area contributed by atoms with Gasteiger partial charge in [0.05, 0.1) is 11.6 Å². The molecule has 0 bridgehead atoms. The van der Waals surface area contributed by atoms with Gasteiger partial charge in [-0.05, 0) is 31.5 Å². The molecule has 2 aromatic heterocycles. The van der Waals surface area contributed by atoms with Crippen LogP contribution in [0, 0.1) is 6.92 Å². The van der Waals surface area contributed by atoms with Crippen molar-refractivity contribution in [1.82, 2.24) is 19.7 Å². The average molecular weight is 350 g/mol. The first-order valence-corrected chi connectivity index (χ1v) is 7.34. The smallest absolute Gasteiger partial charge is 0.310 e. The first kappa shape index (κ1) is 16.9. The van der Waals surface area contributed by atoms with Crippen LogP contribution in [0.15, 0.2) is 29.1 Å². The predicted molar refractivity (Wildman–Crippen MR) is 83.5 cm³/mol. The number of benzene rings is 1. The molecule has 0 aliphatic rings. The maximum atomic E-state index is 12.7. The van der Waals surface area contributed by atoms with Crippen molar-refractivity contribution in [1.29, 1.82) is 0 Å². The molecule has 0 saturated heterocycles. The fraction of sp³-hybridized carbons (Fsp3) is 0.250. The number of carbonyl (C=O) groups is 1. The van der Waals surface area contributed by atoms with Gasteiger partial charge >= 0.3 is 6.18 Å². The van der Waals surface area contributed by atoms with E-state index in [1.807, 2.05) is 0 Å². The number of rotatable bonds is 3. The van der Waals surface area contributed by atoms with E-state index in [0.717, 1.165) is 12.1 Å². The Kier molecular flexibility index (Phi) is 3.94. The maximum absolute atomic E-state index is 12.7. The minimum atomic E-state index is -4.42. The van der Waals surface area contributed by atoms with Gasteiger partial charge in [-0.3, -0.25) is 9.59 Å². The lowest BCUT2D eigenvalue weighted by Gasteiger charge is -2.15. The van der Waals surface area contributed by atoms with Crippen LogP contribution in [-0.2, 0) is 6.18 Å². The highest BCUT2D eigenvalue weighted by molar-refractivity contribution is 5.93. The van der Waals surface area contributed by atoms with Crippen molar-refractivity contribution >= 4 is 17.3 Å². The standard InChI is InChI=1S/C16H13F3N4O2/c1-8(10-3-5-11(6-4-10)16(17,18)19)23-14-13(12(7-24)22-23)15(25)21-9(2)20-14/h3-8H,1-2H3,(H,20,21,25). The van der Waals surface area contributed by atoms with Gasteiger partial charge in [0.1, 0.15) is 16.9 Å². The normalized spacial score (nSPS) is 13.2. The number of hydrogen-bond acceptors (Lipinski definition) is 4. The molecule has 0 radical (unpaired) electrons. The zero-order valence-corrected chi connectivity index (χ0v) is 13.3. The summed E-state index contributed by atoms with van der Waals surface area (Å²) in [5.74, 6) is 0.343. The first-order chi connectivity index (χ1) is 11.7. The van der Waals surface area contributed by atoms with E-state index in [1.165, 1.54) is 16.8 Å². The SMILES string of the molecule is Cc1nc2c(c(C=O)nn2C(C)c2ccc(C(F)(F)F)cc2)c(=O)[nH]1. The van der Waals surface area contributed by atoms with Gasteiger partial charge in [-0.15, -0.1) is 0 Å². The quantitative estimate of drug-likeness (QED) is 0.737. The van der Waals surface area contributed by atoms with Gasteiger partial charge in [-0.2, -0.15) is 18.3 Å². The van der Waals surface area contributed by atoms with E-state index >= 15 is 0 Å². The minimum absolute atomic E-state index is 0.0550. The lowest BCUT2D eigenvalue weighted by Crippen LogP contribution is -2.13. The lowest BCUT2D eigenvalue weighted by molar-refractivity contribution is -0.137. The number of halogens is 3. The maximum Gasteiger partial charge on any atom is 0.416 e. The van der Waals surface area contributed by atoms with Crippen molar-refractivity contribution in [2.24, 2.45) is 0 Å². The first-order valence-electron chi connectivity index (χ1n) is 7.34. The van der Waals surface area contributed by atoms with Crippen LogP contribution in [0.5, 0.6) is 0 Å². The molecule has 3 rings (SSSR count). The van der Waals surface area contributed by atoms with Crippen molar-refractivity contribution in [2.75, 3.05) is 0 Å². The second-order valence-electron chi connectivity index (χ2n) is 5.59. The summed E-state index contributed by atoms with van der Waals surface area (Å²) in [5.41, 5.74) is -0.573. The molecule has 0 saturated carbocycles. The van der Waals surface area contributed by atoms with Gasteiger partial charge < -0.3 is 4.98 Å². The van der Waals surface area contributed by atoms with E-state index in [1.54, 1.807) is 13.8 Å². The van der Waals surface area contributed by atoms with Crippen LogP contribution in [0.3, 0.4) is 0 Å². The summed E-state index contributed by atoms with van der Waals surface area (Å²) >= 11 is 0. The summed E-state index contributed by atoms with van der Waals surface area (Å²) in [7, 11) is 0. The lowest BCUT2D eigenvalue weighted by atomic mass is 10.1. The number of nitrogens with one attached hydrogen (secondary N) is 1. The van der Waals surface area contributed by atoms with Crippen LogP contribution >= 0.6 is 0 Å². The van der Waals surface area contributed by atoms with Crippen LogP contribution in [0.25, 0.3) is 11.0 Å². The molecule has 0 aliphatic carbocycles. The van der Waals surface area contributed by atoms with Crippen LogP contribution in [0.1, 0.15) is 40.4 Å². The molecule has 1 unspecified atom stereocenters. The van der Waals surface area contributed by atoms with Gasteiger partial charge in [-0.25, -0.2) is 9.67 Å². The highest BCUT2D eigenvalue weighted by atomic mass is 19.4. The summed E-state index contributed by atoms with van der Waals surface area (Å²) in [6, 6.07) is 4.10. The molecule has 25 heavy (non-hydrogen) atoms. The fourth-order valence-corrected chi connectivity index (χ4v) is 2.63. The molecule has 130 valence electrons. The number of alkyl halides is 3. The molecule has 0 spiro atoms. The third-order valence-corrected chi connectivity index (χ3v) is 3.91. The number of aromatic amines is 1. The number of fused-ring (bicyclic) bond motifs is 1. The van der Waals surface area contributed by atoms with Gasteiger partial charge in [-0.1, -0.05) is 12.1 Å². The van der Waals surface area contributed by atoms with Crippen LogP contribution < -0.4 is 5.56 Å². The molecule has 6 nitrogen and oxygen atoms in total. The highest BCUT2D eigenvalue weighted by Crippen LogP contribution is 2.30. The van der Waals surface area contributed by atoms with Crippen molar-refractivity contribution in [3.63, 3.8) is 0 Å². The van der Waals surface area contributed by atoms with Gasteiger partial charge in [0.2, 0.25) is 0 Å². The Morgan fingerprint density at radius 1 is 1.24 bits per heavy atom. The fourth-order valence-electron chi connectivity index (χ4n) is 2.63. The number of aryl methyl sites for hydroxylation is 1. The molecule has 1 N–H and O–H groups in total. The van der Waals surface area contributed by atoms with Crippen molar-refractivity contribution in [2.45, 2.75) is 26.1 Å². The zero-order valence-electron chi connectivity index (χ0n) is 13.3. The third kappa shape index (κ3) is 2.92. The third-order valence-electron chi connectivity index (χ3n) is 3.91. The summed E-state index contributed by atoms with van der Waals surface area (Å²) in [4.78, 5) is 30.0. The molecule has 0 fully saturated rings. The second kappa shape index (κ2) is 5.83. The molecule has 2 heterocycles. The largest absolute Gasteiger partial charge is 0.416 e. The van der Waals surface area contributed by atoms with E-state index in [0.29, 0.717) is 17.7 Å². The number of aldehydes is 1. The van der Waals surface area contributed by atoms with Crippen LogP contribution in [0.2, 0.25) is 0 Å². The van der Waals surface area contributed by atoms with E-state index in [9.17, 15) is 22.8 Å². The van der Waals surface area contributed by atoms with E-state index < -0.39 is 23.3 Å². The average Bonchev–Trinajstić information content (AvgIpc) is 2.92.